The highest BCUT2D eigenvalue weighted by Gasteiger charge is 2.39. The molecule has 0 radical (unpaired) electrons. The number of halogens is 1. The second kappa shape index (κ2) is 6.11. The lowest BCUT2D eigenvalue weighted by atomic mass is 10.0. The number of imide groups is 1. The lowest BCUT2D eigenvalue weighted by Crippen LogP contribution is -2.31. The molecule has 0 saturated carbocycles. The van der Waals surface area contributed by atoms with Crippen LogP contribution in [0.4, 0.5) is 5.69 Å². The fraction of sp³-hybridized carbons (Fsp3) is 0.0588. The highest BCUT2D eigenvalue weighted by Crippen LogP contribution is 2.35. The first-order valence-corrected chi connectivity index (χ1v) is 9.11. The number of nitrogens with two attached hydrogens (primary N) is 1. The van der Waals surface area contributed by atoms with Crippen LogP contribution in [0.3, 0.4) is 0 Å². The maximum Gasteiger partial charge on any atom is 0.277 e. The zero-order valence-electron chi connectivity index (χ0n) is 13.1. The Hall–Kier alpha value is -2.48. The van der Waals surface area contributed by atoms with Gasteiger partial charge in [-0.2, -0.15) is 0 Å². The molecule has 25 heavy (non-hydrogen) atoms. The van der Waals surface area contributed by atoms with Crippen LogP contribution >= 0.6 is 11.6 Å². The Morgan fingerprint density at radius 2 is 1.48 bits per heavy atom. The molecule has 1 aliphatic heterocycles. The number of hydrogen-bond acceptors (Lipinski definition) is 4. The predicted molar refractivity (Wildman–Crippen MR) is 94.3 cm³/mol. The monoisotopic (exact) mass is 376 g/mol. The summed E-state index contributed by atoms with van der Waals surface area (Å²) in [5, 5.41) is 4.87. The van der Waals surface area contributed by atoms with Gasteiger partial charge in [-0.1, -0.05) is 41.4 Å². The number of carbonyl (C=O) groups excluding carboxylic acids is 2. The largest absolute Gasteiger partial charge is 0.277 e. The Bertz CT molecular complexity index is 1010. The predicted octanol–water partition coefficient (Wildman–Crippen LogP) is 2.17. The minimum atomic E-state index is -3.86. The molecule has 0 bridgehead atoms. The van der Waals surface area contributed by atoms with E-state index in [0.717, 1.165) is 10.5 Å². The van der Waals surface area contributed by atoms with Crippen LogP contribution in [-0.4, -0.2) is 20.2 Å². The van der Waals surface area contributed by atoms with Crippen LogP contribution < -0.4 is 10.0 Å². The van der Waals surface area contributed by atoms with Crippen molar-refractivity contribution in [3.8, 4) is 0 Å². The van der Waals surface area contributed by atoms with E-state index in [2.05, 4.69) is 0 Å². The molecule has 8 heteroatoms. The maximum atomic E-state index is 12.7. The molecular weight excluding hydrogens is 364 g/mol. The number of amides is 2. The van der Waals surface area contributed by atoms with Gasteiger partial charge in [-0.05, 0) is 36.8 Å². The van der Waals surface area contributed by atoms with Crippen molar-refractivity contribution in [3.63, 3.8) is 0 Å². The van der Waals surface area contributed by atoms with E-state index in [4.69, 9.17) is 16.7 Å². The van der Waals surface area contributed by atoms with Crippen molar-refractivity contribution in [2.45, 2.75) is 11.8 Å². The molecule has 0 spiro atoms. The van der Waals surface area contributed by atoms with Gasteiger partial charge in [-0.15, -0.1) is 0 Å². The molecule has 1 aliphatic rings. The van der Waals surface area contributed by atoms with Gasteiger partial charge in [0.15, 0.2) is 0 Å². The highest BCUT2D eigenvalue weighted by atomic mass is 35.5. The fourth-order valence-electron chi connectivity index (χ4n) is 2.49. The summed E-state index contributed by atoms with van der Waals surface area (Å²) in [6, 6.07) is 12.2. The van der Waals surface area contributed by atoms with Crippen LogP contribution in [0.2, 0.25) is 0 Å². The molecule has 1 heterocycles. The number of hydrogen-bond donors (Lipinski definition) is 1. The molecule has 0 saturated heterocycles. The number of anilines is 1. The first-order valence-electron chi connectivity index (χ1n) is 7.18. The van der Waals surface area contributed by atoms with Crippen molar-refractivity contribution in [1.29, 1.82) is 0 Å². The second-order valence-electron chi connectivity index (χ2n) is 5.54. The van der Waals surface area contributed by atoms with Crippen molar-refractivity contribution in [2.75, 3.05) is 4.90 Å². The molecule has 2 aromatic carbocycles. The minimum Gasteiger partial charge on any atom is -0.268 e. The third-order valence-electron chi connectivity index (χ3n) is 3.79. The highest BCUT2D eigenvalue weighted by molar-refractivity contribution is 7.89. The molecular formula is C17H13ClN2O4S. The van der Waals surface area contributed by atoms with Crippen molar-refractivity contribution < 1.29 is 18.0 Å². The third-order valence-corrected chi connectivity index (χ3v) is 5.07. The number of sulfonamides is 1. The molecule has 0 fully saturated rings. The average molecular weight is 377 g/mol. The van der Waals surface area contributed by atoms with Crippen molar-refractivity contribution in [2.24, 2.45) is 5.14 Å². The summed E-state index contributed by atoms with van der Waals surface area (Å²) < 4.78 is 22.6. The number of primary sulfonamides is 1. The number of rotatable bonds is 3. The number of nitrogens with zero attached hydrogens (tertiary/aromatic N) is 1. The molecule has 0 unspecified atom stereocenters. The molecule has 2 N–H and O–H groups in total. The normalized spacial score (nSPS) is 15.2. The Labute approximate surface area is 149 Å². The summed E-state index contributed by atoms with van der Waals surface area (Å²) in [5.41, 5.74) is 1.87. The van der Waals surface area contributed by atoms with Crippen LogP contribution in [0, 0.1) is 6.92 Å². The van der Waals surface area contributed by atoms with Crippen molar-refractivity contribution in [3.05, 3.63) is 64.7 Å². The average Bonchev–Trinajstić information content (AvgIpc) is 2.78. The van der Waals surface area contributed by atoms with Crippen molar-refractivity contribution in [1.82, 2.24) is 0 Å². The SMILES string of the molecule is Cc1ccc(C2=C(Cl)C(=O)N(c3ccc(S(N)(=O)=O)cc3)C2=O)cc1. The van der Waals surface area contributed by atoms with Gasteiger partial charge < -0.3 is 0 Å². The van der Waals surface area contributed by atoms with Crippen LogP contribution in [0.5, 0.6) is 0 Å². The quantitative estimate of drug-likeness (QED) is 0.830. The van der Waals surface area contributed by atoms with Gasteiger partial charge in [0.25, 0.3) is 11.8 Å². The van der Waals surface area contributed by atoms with Crippen LogP contribution in [0.25, 0.3) is 5.57 Å². The van der Waals surface area contributed by atoms with E-state index >= 15 is 0 Å². The smallest absolute Gasteiger partial charge is 0.268 e. The van der Waals surface area contributed by atoms with E-state index in [9.17, 15) is 18.0 Å². The van der Waals surface area contributed by atoms with Crippen LogP contribution in [0.1, 0.15) is 11.1 Å². The lowest BCUT2D eigenvalue weighted by molar-refractivity contribution is -0.119. The van der Waals surface area contributed by atoms with Crippen LogP contribution in [0.15, 0.2) is 58.5 Å². The summed E-state index contributed by atoms with van der Waals surface area (Å²) >= 11 is 6.10. The zero-order chi connectivity index (χ0) is 18.4. The van der Waals surface area contributed by atoms with Gasteiger partial charge in [0.05, 0.1) is 16.2 Å². The van der Waals surface area contributed by atoms with E-state index in [1.165, 1.54) is 24.3 Å². The van der Waals surface area contributed by atoms with E-state index in [1.54, 1.807) is 12.1 Å². The Morgan fingerprint density at radius 1 is 0.920 bits per heavy atom. The first kappa shape index (κ1) is 17.3. The molecule has 128 valence electrons. The molecule has 3 rings (SSSR count). The molecule has 2 aromatic rings. The van der Waals surface area contributed by atoms with E-state index in [-0.39, 0.29) is 21.2 Å². The van der Waals surface area contributed by atoms with Crippen LogP contribution in [-0.2, 0) is 19.6 Å². The van der Waals surface area contributed by atoms with Gasteiger partial charge in [0.1, 0.15) is 5.03 Å². The third kappa shape index (κ3) is 3.09. The number of aryl methyl sites for hydroxylation is 1. The van der Waals surface area contributed by atoms with Gasteiger partial charge in [-0.3, -0.25) is 9.59 Å². The summed E-state index contributed by atoms with van der Waals surface area (Å²) in [6.07, 6.45) is 0. The molecule has 0 aliphatic carbocycles. The molecule has 0 aromatic heterocycles. The standard InChI is InChI=1S/C17H13ClN2O4S/c1-10-2-4-11(5-3-10)14-15(18)17(22)20(16(14)21)12-6-8-13(9-7-12)25(19,23)24/h2-9H,1H3,(H2,19,23,24). The maximum absolute atomic E-state index is 12.7. The van der Waals surface area contributed by atoms with E-state index < -0.39 is 21.8 Å². The summed E-state index contributed by atoms with van der Waals surface area (Å²) in [7, 11) is -3.86. The summed E-state index contributed by atoms with van der Waals surface area (Å²) in [4.78, 5) is 25.9. The number of carbonyl (C=O) groups is 2. The Kier molecular flexibility index (Phi) is 4.24. The minimum absolute atomic E-state index is 0.113. The van der Waals surface area contributed by atoms with Gasteiger partial charge in [-0.25, -0.2) is 18.5 Å². The fourth-order valence-corrected chi connectivity index (χ4v) is 3.28. The van der Waals surface area contributed by atoms with Crippen molar-refractivity contribution >= 4 is 44.7 Å². The molecule has 6 nitrogen and oxygen atoms in total. The topological polar surface area (TPSA) is 97.5 Å². The second-order valence-corrected chi connectivity index (χ2v) is 7.48. The Balaban J connectivity index is 2.00. The number of benzene rings is 2. The van der Waals surface area contributed by atoms with Gasteiger partial charge in [0, 0.05) is 0 Å². The molecule has 0 atom stereocenters. The zero-order valence-corrected chi connectivity index (χ0v) is 14.6. The lowest BCUT2D eigenvalue weighted by Gasteiger charge is -2.15. The van der Waals surface area contributed by atoms with E-state index in [1.807, 2.05) is 19.1 Å². The Morgan fingerprint density at radius 3 is 2.00 bits per heavy atom. The van der Waals surface area contributed by atoms with E-state index in [0.29, 0.717) is 5.56 Å². The molecule has 2 amide bonds. The first-order chi connectivity index (χ1) is 11.7. The summed E-state index contributed by atoms with van der Waals surface area (Å²) in [6.45, 7) is 1.90. The van der Waals surface area contributed by atoms with Gasteiger partial charge >= 0.3 is 0 Å². The summed E-state index contributed by atoms with van der Waals surface area (Å²) in [5.74, 6) is -1.23. The van der Waals surface area contributed by atoms with Gasteiger partial charge in [0.2, 0.25) is 10.0 Å².